The van der Waals surface area contributed by atoms with E-state index in [9.17, 15) is 4.79 Å². The van der Waals surface area contributed by atoms with Crippen LogP contribution in [0, 0.1) is 12.8 Å². The lowest BCUT2D eigenvalue weighted by molar-refractivity contribution is -0.122. The highest BCUT2D eigenvalue weighted by Crippen LogP contribution is 2.24. The number of amides is 1. The molecular weight excluding hydrogens is 324 g/mol. The quantitative estimate of drug-likeness (QED) is 0.852. The molecule has 1 unspecified atom stereocenters. The molecule has 0 aliphatic carbocycles. The van der Waals surface area contributed by atoms with Gasteiger partial charge in [-0.2, -0.15) is 0 Å². The second-order valence-corrected chi connectivity index (χ2v) is 7.28. The third-order valence-electron chi connectivity index (χ3n) is 4.99. The minimum atomic E-state index is -0.555. The van der Waals surface area contributed by atoms with E-state index < -0.39 is 6.10 Å². The van der Waals surface area contributed by atoms with Crippen molar-refractivity contribution in [2.24, 2.45) is 5.92 Å². The minimum absolute atomic E-state index is 0.148. The first kappa shape index (κ1) is 18.3. The van der Waals surface area contributed by atoms with Crippen LogP contribution < -0.4 is 15.0 Å². The van der Waals surface area contributed by atoms with Crippen LogP contribution in [0.3, 0.4) is 0 Å². The molecule has 1 heterocycles. The molecule has 1 amide bonds. The molecule has 3 rings (SSSR count). The van der Waals surface area contributed by atoms with Gasteiger partial charge in [0.2, 0.25) is 0 Å². The number of ether oxygens (including phenoxy) is 1. The summed E-state index contributed by atoms with van der Waals surface area (Å²) < 4.78 is 5.71. The van der Waals surface area contributed by atoms with Crippen molar-refractivity contribution in [3.8, 4) is 5.75 Å². The van der Waals surface area contributed by atoms with Crippen molar-refractivity contribution in [3.05, 3.63) is 54.1 Å². The van der Waals surface area contributed by atoms with Crippen molar-refractivity contribution >= 4 is 17.3 Å². The number of benzene rings is 2. The third-order valence-corrected chi connectivity index (χ3v) is 4.99. The maximum atomic E-state index is 12.4. The van der Waals surface area contributed by atoms with Crippen molar-refractivity contribution in [2.75, 3.05) is 23.3 Å². The monoisotopic (exact) mass is 352 g/mol. The molecule has 0 bridgehead atoms. The molecule has 0 spiro atoms. The topological polar surface area (TPSA) is 41.6 Å². The summed E-state index contributed by atoms with van der Waals surface area (Å²) in [6.45, 7) is 8.31. The van der Waals surface area contributed by atoms with Crippen molar-refractivity contribution in [1.82, 2.24) is 0 Å². The molecule has 1 saturated heterocycles. The Morgan fingerprint density at radius 3 is 2.31 bits per heavy atom. The molecular formula is C22H28N2O2. The van der Waals surface area contributed by atoms with E-state index in [1.807, 2.05) is 43.3 Å². The summed E-state index contributed by atoms with van der Waals surface area (Å²) in [6, 6.07) is 15.8. The summed E-state index contributed by atoms with van der Waals surface area (Å²) in [5.74, 6) is 1.37. The molecule has 138 valence electrons. The molecule has 2 aromatic rings. The minimum Gasteiger partial charge on any atom is -0.481 e. The predicted octanol–water partition coefficient (Wildman–Crippen LogP) is 4.64. The molecule has 4 nitrogen and oxygen atoms in total. The maximum absolute atomic E-state index is 12.4. The van der Waals surface area contributed by atoms with E-state index in [-0.39, 0.29) is 5.91 Å². The van der Waals surface area contributed by atoms with Crippen LogP contribution in [0.25, 0.3) is 0 Å². The highest BCUT2D eigenvalue weighted by molar-refractivity contribution is 5.94. The van der Waals surface area contributed by atoms with Crippen LogP contribution >= 0.6 is 0 Å². The third kappa shape index (κ3) is 4.78. The van der Waals surface area contributed by atoms with Crippen molar-refractivity contribution in [2.45, 2.75) is 39.7 Å². The summed E-state index contributed by atoms with van der Waals surface area (Å²) in [4.78, 5) is 14.8. The van der Waals surface area contributed by atoms with E-state index in [0.717, 1.165) is 30.3 Å². The van der Waals surface area contributed by atoms with E-state index in [4.69, 9.17) is 4.74 Å². The van der Waals surface area contributed by atoms with Crippen LogP contribution in [-0.4, -0.2) is 25.1 Å². The number of nitrogens with one attached hydrogen (secondary N) is 1. The average molecular weight is 352 g/mol. The Labute approximate surface area is 156 Å². The smallest absolute Gasteiger partial charge is 0.265 e. The Kier molecular flexibility index (Phi) is 5.82. The predicted molar refractivity (Wildman–Crippen MR) is 107 cm³/mol. The molecule has 1 atom stereocenters. The number of rotatable bonds is 5. The molecule has 2 aromatic carbocycles. The van der Waals surface area contributed by atoms with Gasteiger partial charge in [0.05, 0.1) is 0 Å². The largest absolute Gasteiger partial charge is 0.481 e. The molecule has 26 heavy (non-hydrogen) atoms. The zero-order chi connectivity index (χ0) is 18.5. The highest BCUT2D eigenvalue weighted by Gasteiger charge is 2.17. The van der Waals surface area contributed by atoms with Gasteiger partial charge in [0.1, 0.15) is 5.75 Å². The highest BCUT2D eigenvalue weighted by atomic mass is 16.5. The van der Waals surface area contributed by atoms with Gasteiger partial charge in [-0.25, -0.2) is 0 Å². The fourth-order valence-corrected chi connectivity index (χ4v) is 3.14. The van der Waals surface area contributed by atoms with Crippen LogP contribution in [0.1, 0.15) is 32.3 Å². The second kappa shape index (κ2) is 8.26. The van der Waals surface area contributed by atoms with Gasteiger partial charge in [-0.3, -0.25) is 4.79 Å². The summed E-state index contributed by atoms with van der Waals surface area (Å²) in [7, 11) is 0. The van der Waals surface area contributed by atoms with Gasteiger partial charge >= 0.3 is 0 Å². The summed E-state index contributed by atoms with van der Waals surface area (Å²) >= 11 is 0. The number of piperidine rings is 1. The van der Waals surface area contributed by atoms with Crippen molar-refractivity contribution < 1.29 is 9.53 Å². The molecule has 0 aromatic heterocycles. The van der Waals surface area contributed by atoms with Gasteiger partial charge in [-0.15, -0.1) is 0 Å². The lowest BCUT2D eigenvalue weighted by Crippen LogP contribution is -2.32. The summed E-state index contributed by atoms with van der Waals surface area (Å²) in [5.41, 5.74) is 3.18. The first-order chi connectivity index (χ1) is 12.5. The van der Waals surface area contributed by atoms with Crippen LogP contribution in [-0.2, 0) is 4.79 Å². The Morgan fingerprint density at radius 1 is 1.08 bits per heavy atom. The van der Waals surface area contributed by atoms with Gasteiger partial charge in [-0.05, 0) is 69.0 Å². The fraction of sp³-hybridized carbons (Fsp3) is 0.409. The zero-order valence-corrected chi connectivity index (χ0v) is 15.9. The van der Waals surface area contributed by atoms with E-state index >= 15 is 0 Å². The number of carbonyl (C=O) groups excluding carboxylic acids is 1. The molecule has 4 heteroatoms. The summed E-state index contributed by atoms with van der Waals surface area (Å²) in [6.07, 6.45) is 1.93. The molecule has 1 aliphatic heterocycles. The van der Waals surface area contributed by atoms with E-state index in [1.54, 1.807) is 6.92 Å². The second-order valence-electron chi connectivity index (χ2n) is 7.28. The number of carbonyl (C=O) groups is 1. The lowest BCUT2D eigenvalue weighted by atomic mass is 9.99. The molecule has 0 radical (unpaired) electrons. The molecule has 0 saturated carbocycles. The fourth-order valence-electron chi connectivity index (χ4n) is 3.14. The van der Waals surface area contributed by atoms with Gasteiger partial charge in [0, 0.05) is 24.5 Å². The lowest BCUT2D eigenvalue weighted by Gasteiger charge is -2.32. The number of hydrogen-bond donors (Lipinski definition) is 1. The molecule has 1 N–H and O–H groups in total. The van der Waals surface area contributed by atoms with Crippen LogP contribution in [0.5, 0.6) is 5.75 Å². The Bertz CT molecular complexity index is 717. The standard InChI is InChI=1S/C22H28N2O2/c1-16-4-10-21(11-5-16)26-18(3)22(25)23-19-6-8-20(9-7-19)24-14-12-17(2)13-15-24/h4-11,17-18H,12-15H2,1-3H3,(H,23,25). The molecule has 1 aliphatic rings. The summed E-state index contributed by atoms with van der Waals surface area (Å²) in [5, 5.41) is 2.93. The van der Waals surface area contributed by atoms with E-state index in [0.29, 0.717) is 5.75 Å². The number of anilines is 2. The van der Waals surface area contributed by atoms with Gasteiger partial charge in [0.25, 0.3) is 5.91 Å². The van der Waals surface area contributed by atoms with Gasteiger partial charge < -0.3 is 15.0 Å². The first-order valence-electron chi connectivity index (χ1n) is 9.40. The van der Waals surface area contributed by atoms with E-state index in [2.05, 4.69) is 29.3 Å². The van der Waals surface area contributed by atoms with Crippen molar-refractivity contribution in [3.63, 3.8) is 0 Å². The normalized spacial score (nSPS) is 16.2. The van der Waals surface area contributed by atoms with E-state index in [1.165, 1.54) is 18.5 Å². The van der Waals surface area contributed by atoms with Crippen LogP contribution in [0.4, 0.5) is 11.4 Å². The Balaban J connectivity index is 1.54. The Hall–Kier alpha value is -2.49. The SMILES string of the molecule is Cc1ccc(OC(C)C(=O)Nc2ccc(N3CCC(C)CC3)cc2)cc1. The van der Waals surface area contributed by atoms with Crippen LogP contribution in [0.15, 0.2) is 48.5 Å². The average Bonchev–Trinajstić information content (AvgIpc) is 2.65. The van der Waals surface area contributed by atoms with Crippen LogP contribution in [0.2, 0.25) is 0 Å². The zero-order valence-electron chi connectivity index (χ0n) is 15.9. The van der Waals surface area contributed by atoms with Crippen molar-refractivity contribution in [1.29, 1.82) is 0 Å². The number of aryl methyl sites for hydroxylation is 1. The maximum Gasteiger partial charge on any atom is 0.265 e. The molecule has 1 fully saturated rings. The number of nitrogens with zero attached hydrogens (tertiary/aromatic N) is 1. The van der Waals surface area contributed by atoms with Gasteiger partial charge in [0.15, 0.2) is 6.10 Å². The number of hydrogen-bond acceptors (Lipinski definition) is 3. The van der Waals surface area contributed by atoms with Gasteiger partial charge in [-0.1, -0.05) is 24.6 Å². The Morgan fingerprint density at radius 2 is 1.69 bits per heavy atom. The first-order valence-corrected chi connectivity index (χ1v) is 9.40.